The number of anilines is 3. The van der Waals surface area contributed by atoms with E-state index in [1.807, 2.05) is 0 Å². The molecule has 20 heavy (non-hydrogen) atoms. The van der Waals surface area contributed by atoms with Crippen LogP contribution in [0.5, 0.6) is 0 Å². The van der Waals surface area contributed by atoms with Crippen LogP contribution in [0.3, 0.4) is 0 Å². The number of nitrogens with zero attached hydrogens (tertiary/aromatic N) is 4. The van der Waals surface area contributed by atoms with Crippen LogP contribution in [0.1, 0.15) is 6.92 Å². The number of hydrogen-bond donors (Lipinski definition) is 2. The third-order valence-corrected chi connectivity index (χ3v) is 3.58. The van der Waals surface area contributed by atoms with Crippen molar-refractivity contribution in [1.29, 1.82) is 0 Å². The van der Waals surface area contributed by atoms with Crippen LogP contribution in [0.4, 0.5) is 17.3 Å². The first kappa shape index (κ1) is 14.8. The van der Waals surface area contributed by atoms with Crippen molar-refractivity contribution in [1.82, 2.24) is 14.9 Å². The van der Waals surface area contributed by atoms with Gasteiger partial charge in [-0.25, -0.2) is 9.97 Å². The van der Waals surface area contributed by atoms with Crippen molar-refractivity contribution in [2.45, 2.75) is 6.92 Å². The number of ether oxygens (including phenoxy) is 1. The summed E-state index contributed by atoms with van der Waals surface area (Å²) in [4.78, 5) is 13.2. The second-order valence-electron chi connectivity index (χ2n) is 4.80. The Hall–Kier alpha value is -1.60. The number of hydrogen-bond acceptors (Lipinski definition) is 7. The third kappa shape index (κ3) is 3.49. The molecule has 1 aliphatic rings. The zero-order valence-electron chi connectivity index (χ0n) is 12.3. The highest BCUT2D eigenvalue weighted by molar-refractivity contribution is 5.74. The van der Waals surface area contributed by atoms with E-state index in [2.05, 4.69) is 32.0 Å². The monoisotopic (exact) mass is 280 g/mol. The highest BCUT2D eigenvalue weighted by Crippen LogP contribution is 2.26. The van der Waals surface area contributed by atoms with Gasteiger partial charge in [-0.15, -0.1) is 0 Å². The van der Waals surface area contributed by atoms with Crippen molar-refractivity contribution in [2.75, 3.05) is 68.9 Å². The zero-order valence-corrected chi connectivity index (χ0v) is 12.3. The predicted octanol–water partition coefficient (Wildman–Crippen LogP) is 0.259. The van der Waals surface area contributed by atoms with Crippen LogP contribution >= 0.6 is 0 Å². The Bertz CT molecular complexity index is 419. The van der Waals surface area contributed by atoms with E-state index in [1.54, 1.807) is 13.4 Å². The van der Waals surface area contributed by atoms with Gasteiger partial charge in [-0.1, -0.05) is 6.92 Å². The molecule has 1 aromatic rings. The Kier molecular flexibility index (Phi) is 5.37. The molecule has 7 nitrogen and oxygen atoms in total. The average Bonchev–Trinajstić information content (AvgIpc) is 2.49. The number of rotatable bonds is 6. The second-order valence-corrected chi connectivity index (χ2v) is 4.80. The highest BCUT2D eigenvalue weighted by atomic mass is 16.5. The Balaban J connectivity index is 2.03. The molecule has 0 atom stereocenters. The van der Waals surface area contributed by atoms with Gasteiger partial charge in [0.25, 0.3) is 0 Å². The lowest BCUT2D eigenvalue weighted by Crippen LogP contribution is -2.46. The number of likely N-dealkylation sites (N-methyl/N-ethyl adjacent to an activating group) is 1. The van der Waals surface area contributed by atoms with Crippen LogP contribution in [-0.4, -0.2) is 67.9 Å². The van der Waals surface area contributed by atoms with Crippen LogP contribution in [0.25, 0.3) is 0 Å². The predicted molar refractivity (Wildman–Crippen MR) is 81.1 cm³/mol. The second kappa shape index (κ2) is 7.25. The fourth-order valence-electron chi connectivity index (χ4n) is 2.33. The summed E-state index contributed by atoms with van der Waals surface area (Å²) in [6.07, 6.45) is 1.56. The fraction of sp³-hybridized carbons (Fsp3) is 0.692. The molecular weight excluding hydrogens is 256 g/mol. The van der Waals surface area contributed by atoms with Crippen molar-refractivity contribution in [3.63, 3.8) is 0 Å². The van der Waals surface area contributed by atoms with Gasteiger partial charge in [0.15, 0.2) is 11.6 Å². The van der Waals surface area contributed by atoms with E-state index >= 15 is 0 Å². The molecule has 2 rings (SSSR count). The van der Waals surface area contributed by atoms with Gasteiger partial charge >= 0.3 is 0 Å². The summed E-state index contributed by atoms with van der Waals surface area (Å²) in [5.74, 6) is 1.51. The van der Waals surface area contributed by atoms with Crippen molar-refractivity contribution in [3.8, 4) is 0 Å². The summed E-state index contributed by atoms with van der Waals surface area (Å²) < 4.78 is 5.01. The van der Waals surface area contributed by atoms with Crippen molar-refractivity contribution < 1.29 is 4.74 Å². The van der Waals surface area contributed by atoms with Gasteiger partial charge in [-0.05, 0) is 6.54 Å². The van der Waals surface area contributed by atoms with Gasteiger partial charge in [0.1, 0.15) is 12.0 Å². The summed E-state index contributed by atoms with van der Waals surface area (Å²) in [5.41, 5.74) is 6.80. The first-order valence-electron chi connectivity index (χ1n) is 7.06. The highest BCUT2D eigenvalue weighted by Gasteiger charge is 2.20. The largest absolute Gasteiger partial charge is 0.393 e. The Morgan fingerprint density at radius 2 is 2.05 bits per heavy atom. The van der Waals surface area contributed by atoms with E-state index in [1.165, 1.54) is 0 Å². The number of piperazine rings is 1. The molecule has 0 aromatic carbocycles. The summed E-state index contributed by atoms with van der Waals surface area (Å²) in [6, 6.07) is 0. The minimum Gasteiger partial charge on any atom is -0.393 e. The molecule has 1 aliphatic heterocycles. The van der Waals surface area contributed by atoms with E-state index in [9.17, 15) is 0 Å². The molecule has 1 saturated heterocycles. The number of methoxy groups -OCH3 is 1. The molecule has 7 heteroatoms. The zero-order chi connectivity index (χ0) is 14.4. The topological polar surface area (TPSA) is 79.5 Å². The summed E-state index contributed by atoms with van der Waals surface area (Å²) in [5, 5.41) is 3.18. The molecule has 0 spiro atoms. The van der Waals surface area contributed by atoms with E-state index in [-0.39, 0.29) is 0 Å². The molecule has 0 aliphatic carbocycles. The molecule has 2 heterocycles. The molecule has 1 fully saturated rings. The van der Waals surface area contributed by atoms with Crippen molar-refractivity contribution in [3.05, 3.63) is 6.33 Å². The Morgan fingerprint density at radius 3 is 2.70 bits per heavy atom. The lowest BCUT2D eigenvalue weighted by atomic mass is 10.3. The summed E-state index contributed by atoms with van der Waals surface area (Å²) in [7, 11) is 1.67. The maximum Gasteiger partial charge on any atom is 0.157 e. The lowest BCUT2D eigenvalue weighted by molar-refractivity contribution is 0.210. The van der Waals surface area contributed by atoms with Gasteiger partial charge in [-0.3, -0.25) is 0 Å². The quantitative estimate of drug-likeness (QED) is 0.723. The molecule has 3 N–H and O–H groups in total. The minimum atomic E-state index is 0.619. The third-order valence-electron chi connectivity index (χ3n) is 3.58. The van der Waals surface area contributed by atoms with Crippen LogP contribution < -0.4 is 16.0 Å². The lowest BCUT2D eigenvalue weighted by Gasteiger charge is -2.35. The van der Waals surface area contributed by atoms with E-state index in [0.717, 1.165) is 38.5 Å². The SMILES string of the molecule is CCN1CCN(c2ncnc(NCCOC)c2N)CC1. The smallest absolute Gasteiger partial charge is 0.157 e. The molecule has 0 bridgehead atoms. The van der Waals surface area contributed by atoms with Gasteiger partial charge in [-0.2, -0.15) is 0 Å². The van der Waals surface area contributed by atoms with Crippen molar-refractivity contribution >= 4 is 17.3 Å². The Morgan fingerprint density at radius 1 is 1.30 bits per heavy atom. The summed E-state index contributed by atoms with van der Waals surface area (Å²) >= 11 is 0. The Labute approximate surface area is 120 Å². The molecular formula is C13H24N6O. The van der Waals surface area contributed by atoms with Crippen LogP contribution in [0, 0.1) is 0 Å². The molecule has 1 aromatic heterocycles. The molecule has 112 valence electrons. The molecule has 0 radical (unpaired) electrons. The first-order valence-corrected chi connectivity index (χ1v) is 7.06. The van der Waals surface area contributed by atoms with Crippen LogP contribution in [0.2, 0.25) is 0 Å². The van der Waals surface area contributed by atoms with Crippen molar-refractivity contribution in [2.24, 2.45) is 0 Å². The van der Waals surface area contributed by atoms with Crippen LogP contribution in [0.15, 0.2) is 6.33 Å². The maximum atomic E-state index is 6.18. The van der Waals surface area contributed by atoms with Gasteiger partial charge in [0.05, 0.1) is 6.61 Å². The minimum absolute atomic E-state index is 0.619. The fourth-order valence-corrected chi connectivity index (χ4v) is 2.33. The molecule has 0 amide bonds. The average molecular weight is 280 g/mol. The van der Waals surface area contributed by atoms with E-state index in [4.69, 9.17) is 10.5 Å². The maximum absolute atomic E-state index is 6.18. The van der Waals surface area contributed by atoms with E-state index < -0.39 is 0 Å². The van der Waals surface area contributed by atoms with Crippen LogP contribution in [-0.2, 0) is 4.74 Å². The van der Waals surface area contributed by atoms with Gasteiger partial charge < -0.3 is 25.6 Å². The van der Waals surface area contributed by atoms with Gasteiger partial charge in [0, 0.05) is 39.8 Å². The number of nitrogens with two attached hydrogens (primary N) is 1. The first-order chi connectivity index (χ1) is 9.76. The molecule has 0 unspecified atom stereocenters. The summed E-state index contributed by atoms with van der Waals surface area (Å²) in [6.45, 7) is 8.58. The number of nitrogen functional groups attached to an aromatic ring is 1. The molecule has 0 saturated carbocycles. The number of nitrogens with one attached hydrogen (secondary N) is 1. The normalized spacial score (nSPS) is 16.4. The van der Waals surface area contributed by atoms with Gasteiger partial charge in [0.2, 0.25) is 0 Å². The standard InChI is InChI=1S/C13H24N6O/c1-3-18-5-7-19(8-6-18)13-11(14)12(16-10-17-13)15-4-9-20-2/h10H,3-9,14H2,1-2H3,(H,15,16,17). The van der Waals surface area contributed by atoms with E-state index in [0.29, 0.717) is 24.7 Å². The number of aromatic nitrogens is 2.